The largest absolute Gasteiger partial charge is 0.465 e. The fraction of sp³-hybridized carbons (Fsp3) is 0.417. The zero-order chi connectivity index (χ0) is 14.7. The van der Waals surface area contributed by atoms with Crippen LogP contribution >= 0.6 is 0 Å². The quantitative estimate of drug-likeness (QED) is 0.764. The molecule has 108 valence electrons. The van der Waals surface area contributed by atoms with Gasteiger partial charge in [-0.3, -0.25) is 10.00 Å². The summed E-state index contributed by atoms with van der Waals surface area (Å²) in [5.41, 5.74) is 1.41. The number of aromatic nitrogens is 4. The zero-order valence-electron chi connectivity index (χ0n) is 11.3. The molecule has 0 atom stereocenters. The Morgan fingerprint density at radius 2 is 2.25 bits per heavy atom. The third-order valence-corrected chi connectivity index (χ3v) is 2.75. The molecule has 20 heavy (non-hydrogen) atoms. The van der Waals surface area contributed by atoms with Gasteiger partial charge >= 0.3 is 6.09 Å². The molecule has 0 fully saturated rings. The van der Waals surface area contributed by atoms with Crippen molar-refractivity contribution in [2.75, 3.05) is 11.9 Å². The Kier molecular flexibility index (Phi) is 4.04. The first-order chi connectivity index (χ1) is 9.51. The van der Waals surface area contributed by atoms with E-state index in [1.54, 1.807) is 23.1 Å². The maximum absolute atomic E-state index is 10.8. The number of hydrogen-bond donors (Lipinski definition) is 3. The number of nitrogens with zero attached hydrogens (tertiary/aromatic N) is 4. The first-order valence-electron chi connectivity index (χ1n) is 6.25. The van der Waals surface area contributed by atoms with Crippen molar-refractivity contribution in [1.29, 1.82) is 0 Å². The normalized spacial score (nSPS) is 11.0. The van der Waals surface area contributed by atoms with Crippen LogP contribution in [0.5, 0.6) is 0 Å². The van der Waals surface area contributed by atoms with Gasteiger partial charge in [-0.25, -0.2) is 9.48 Å². The molecule has 0 aliphatic carbocycles. The standard InChI is InChI=1S/C12H17N5O3/c1-8(2)10-5-11(14-12(19)20)17(15-10)9-6-13-16(7-9)3-4-18/h5-8,14,18H,3-4H2,1-2H3,(H,19,20). The monoisotopic (exact) mass is 279 g/mol. The van der Waals surface area contributed by atoms with E-state index in [1.165, 1.54) is 4.68 Å². The van der Waals surface area contributed by atoms with Crippen molar-refractivity contribution in [3.8, 4) is 5.69 Å². The molecule has 0 bridgehead atoms. The summed E-state index contributed by atoms with van der Waals surface area (Å²) in [6, 6.07) is 1.70. The van der Waals surface area contributed by atoms with Gasteiger partial charge in [0.15, 0.2) is 0 Å². The van der Waals surface area contributed by atoms with Crippen LogP contribution in [0.15, 0.2) is 18.5 Å². The van der Waals surface area contributed by atoms with Crippen LogP contribution in [0.25, 0.3) is 5.69 Å². The van der Waals surface area contributed by atoms with E-state index < -0.39 is 6.09 Å². The Morgan fingerprint density at radius 3 is 2.85 bits per heavy atom. The molecule has 2 aromatic rings. The highest BCUT2D eigenvalue weighted by Crippen LogP contribution is 2.21. The number of aliphatic hydroxyl groups is 1. The number of anilines is 1. The Balaban J connectivity index is 2.38. The number of carboxylic acid groups (broad SMARTS) is 1. The highest BCUT2D eigenvalue weighted by atomic mass is 16.4. The number of aliphatic hydroxyl groups excluding tert-OH is 1. The molecule has 2 heterocycles. The summed E-state index contributed by atoms with van der Waals surface area (Å²) in [4.78, 5) is 10.8. The van der Waals surface area contributed by atoms with Gasteiger partial charge in [-0.1, -0.05) is 13.8 Å². The summed E-state index contributed by atoms with van der Waals surface area (Å²) >= 11 is 0. The third-order valence-electron chi connectivity index (χ3n) is 2.75. The van der Waals surface area contributed by atoms with E-state index in [1.807, 2.05) is 13.8 Å². The second-order valence-electron chi connectivity index (χ2n) is 4.64. The minimum atomic E-state index is -1.15. The van der Waals surface area contributed by atoms with Crippen LogP contribution in [0.1, 0.15) is 25.5 Å². The van der Waals surface area contributed by atoms with Gasteiger partial charge in [-0.2, -0.15) is 10.2 Å². The molecule has 0 saturated carbocycles. The topological polar surface area (TPSA) is 105 Å². The number of carbonyl (C=O) groups is 1. The van der Waals surface area contributed by atoms with Gasteiger partial charge in [0.25, 0.3) is 0 Å². The average Bonchev–Trinajstić information content (AvgIpc) is 2.95. The first kappa shape index (κ1) is 14.1. The second kappa shape index (κ2) is 5.74. The van der Waals surface area contributed by atoms with Crippen molar-refractivity contribution in [2.45, 2.75) is 26.3 Å². The average molecular weight is 279 g/mol. The summed E-state index contributed by atoms with van der Waals surface area (Å²) in [6.45, 7) is 4.32. The molecule has 0 aliphatic heterocycles. The van der Waals surface area contributed by atoms with Gasteiger partial charge < -0.3 is 10.2 Å². The molecule has 0 saturated heterocycles. The molecule has 0 spiro atoms. The van der Waals surface area contributed by atoms with Gasteiger partial charge in [0.1, 0.15) is 11.5 Å². The number of rotatable bonds is 5. The lowest BCUT2D eigenvalue weighted by Crippen LogP contribution is -2.11. The second-order valence-corrected chi connectivity index (χ2v) is 4.64. The van der Waals surface area contributed by atoms with Crippen molar-refractivity contribution in [1.82, 2.24) is 19.6 Å². The van der Waals surface area contributed by atoms with Crippen LogP contribution in [0.2, 0.25) is 0 Å². The number of hydrogen-bond acceptors (Lipinski definition) is 4. The Bertz CT molecular complexity index is 602. The maximum atomic E-state index is 10.8. The smallest absolute Gasteiger partial charge is 0.410 e. The predicted octanol–water partition coefficient (Wildman–Crippen LogP) is 1.27. The fourth-order valence-corrected chi connectivity index (χ4v) is 1.76. The molecule has 8 heteroatoms. The molecule has 0 radical (unpaired) electrons. The van der Waals surface area contributed by atoms with Gasteiger partial charge in [-0.05, 0) is 5.92 Å². The summed E-state index contributed by atoms with van der Waals surface area (Å²) < 4.78 is 3.06. The van der Waals surface area contributed by atoms with Crippen molar-refractivity contribution < 1.29 is 15.0 Å². The Morgan fingerprint density at radius 1 is 1.50 bits per heavy atom. The van der Waals surface area contributed by atoms with E-state index in [4.69, 9.17) is 10.2 Å². The molecular formula is C12H17N5O3. The fourth-order valence-electron chi connectivity index (χ4n) is 1.76. The van der Waals surface area contributed by atoms with E-state index in [2.05, 4.69) is 15.5 Å². The molecule has 0 unspecified atom stereocenters. The van der Waals surface area contributed by atoms with Crippen molar-refractivity contribution in [3.63, 3.8) is 0 Å². The number of amides is 1. The van der Waals surface area contributed by atoms with Crippen LogP contribution in [0.4, 0.5) is 10.6 Å². The zero-order valence-corrected chi connectivity index (χ0v) is 11.3. The number of nitrogens with one attached hydrogen (secondary N) is 1. The van der Waals surface area contributed by atoms with Crippen LogP contribution in [-0.4, -0.2) is 42.5 Å². The molecule has 0 aliphatic rings. The van der Waals surface area contributed by atoms with Crippen LogP contribution in [0, 0.1) is 0 Å². The van der Waals surface area contributed by atoms with E-state index in [-0.39, 0.29) is 12.5 Å². The molecular weight excluding hydrogens is 262 g/mol. The summed E-state index contributed by atoms with van der Waals surface area (Å²) in [5, 5.41) is 28.5. The SMILES string of the molecule is CC(C)c1cc(NC(=O)O)n(-c2cnn(CCO)c2)n1. The molecule has 8 nitrogen and oxygen atoms in total. The molecule has 2 rings (SSSR count). The van der Waals surface area contributed by atoms with E-state index in [0.29, 0.717) is 18.1 Å². The van der Waals surface area contributed by atoms with Crippen LogP contribution in [0.3, 0.4) is 0 Å². The van der Waals surface area contributed by atoms with E-state index >= 15 is 0 Å². The highest BCUT2D eigenvalue weighted by molar-refractivity contribution is 5.82. The van der Waals surface area contributed by atoms with Gasteiger partial charge in [0, 0.05) is 6.07 Å². The summed E-state index contributed by atoms with van der Waals surface area (Å²) in [6.07, 6.45) is 2.12. The van der Waals surface area contributed by atoms with Gasteiger partial charge in [0.2, 0.25) is 0 Å². The summed E-state index contributed by atoms with van der Waals surface area (Å²) in [5.74, 6) is 0.544. The minimum Gasteiger partial charge on any atom is -0.465 e. The lowest BCUT2D eigenvalue weighted by molar-refractivity contribution is 0.209. The van der Waals surface area contributed by atoms with Crippen molar-refractivity contribution >= 4 is 11.9 Å². The molecule has 2 aromatic heterocycles. The van der Waals surface area contributed by atoms with E-state index in [0.717, 1.165) is 5.69 Å². The molecule has 0 aromatic carbocycles. The van der Waals surface area contributed by atoms with Crippen molar-refractivity contribution in [3.05, 3.63) is 24.2 Å². The minimum absolute atomic E-state index is 0.0162. The summed E-state index contributed by atoms with van der Waals surface area (Å²) in [7, 11) is 0. The van der Waals surface area contributed by atoms with E-state index in [9.17, 15) is 4.79 Å². The molecule has 3 N–H and O–H groups in total. The predicted molar refractivity (Wildman–Crippen MR) is 72.2 cm³/mol. The van der Waals surface area contributed by atoms with Crippen molar-refractivity contribution in [2.24, 2.45) is 0 Å². The van der Waals surface area contributed by atoms with Crippen LogP contribution in [-0.2, 0) is 6.54 Å². The Labute approximate surface area is 115 Å². The van der Waals surface area contributed by atoms with Gasteiger partial charge in [0.05, 0.1) is 31.2 Å². The third kappa shape index (κ3) is 2.97. The van der Waals surface area contributed by atoms with Gasteiger partial charge in [-0.15, -0.1) is 0 Å². The highest BCUT2D eigenvalue weighted by Gasteiger charge is 2.15. The first-order valence-corrected chi connectivity index (χ1v) is 6.25. The Hall–Kier alpha value is -2.35. The maximum Gasteiger partial charge on any atom is 0.410 e. The van der Waals surface area contributed by atoms with Crippen LogP contribution < -0.4 is 5.32 Å². The molecule has 1 amide bonds. The lowest BCUT2D eigenvalue weighted by atomic mass is 10.1. The lowest BCUT2D eigenvalue weighted by Gasteiger charge is -2.03.